The number of aromatic nitrogens is 2. The third-order valence-corrected chi connectivity index (χ3v) is 1.80. The quantitative estimate of drug-likeness (QED) is 0.699. The fraction of sp³-hybridized carbons (Fsp3) is 0.571. The normalized spacial score (nSPS) is 13.4. The number of hydrogen-bond donors (Lipinski definition) is 1. The molecule has 0 aromatic carbocycles. The molecule has 0 aliphatic heterocycles. The van der Waals surface area contributed by atoms with Crippen molar-refractivity contribution < 1.29 is 5.11 Å². The number of nitrogens with zero attached hydrogens (tertiary/aromatic N) is 2. The van der Waals surface area contributed by atoms with Gasteiger partial charge in [-0.1, -0.05) is 0 Å². The van der Waals surface area contributed by atoms with Crippen LogP contribution in [-0.4, -0.2) is 20.8 Å². The van der Waals surface area contributed by atoms with E-state index >= 15 is 0 Å². The molecule has 1 atom stereocenters. The van der Waals surface area contributed by atoms with E-state index in [4.69, 9.17) is 11.6 Å². The van der Waals surface area contributed by atoms with Crippen LogP contribution in [0.1, 0.15) is 18.6 Å². The number of hydrogen-bond acceptors (Lipinski definition) is 2. The van der Waals surface area contributed by atoms with Crippen molar-refractivity contribution in [3.8, 4) is 0 Å². The molecule has 1 aromatic heterocycles. The second-order valence-corrected chi connectivity index (χ2v) is 2.61. The maximum absolute atomic E-state index is 9.25. The molecule has 0 bridgehead atoms. The molecule has 0 fully saturated rings. The van der Waals surface area contributed by atoms with Gasteiger partial charge in [0.25, 0.3) is 0 Å². The van der Waals surface area contributed by atoms with Crippen molar-refractivity contribution in [3.05, 3.63) is 18.0 Å². The van der Waals surface area contributed by atoms with Gasteiger partial charge in [0.05, 0.1) is 18.2 Å². The summed E-state index contributed by atoms with van der Waals surface area (Å²) >= 11 is 5.45. The van der Waals surface area contributed by atoms with Crippen LogP contribution in [0.3, 0.4) is 0 Å². The van der Waals surface area contributed by atoms with Gasteiger partial charge in [-0.2, -0.15) is 5.10 Å². The Balaban J connectivity index is 2.71. The first kappa shape index (κ1) is 8.56. The molecule has 1 heterocycles. The highest BCUT2D eigenvalue weighted by Gasteiger charge is 2.06. The molecule has 0 amide bonds. The Morgan fingerprint density at radius 3 is 3.00 bits per heavy atom. The lowest BCUT2D eigenvalue weighted by atomic mass is 10.2. The van der Waals surface area contributed by atoms with Crippen molar-refractivity contribution in [1.29, 1.82) is 0 Å². The summed E-state index contributed by atoms with van der Waals surface area (Å²) in [6.07, 6.45) is 2.85. The fourth-order valence-electron chi connectivity index (χ4n) is 0.814. The Bertz CT molecular complexity index is 224. The van der Waals surface area contributed by atoms with E-state index in [2.05, 4.69) is 5.10 Å². The molecule has 1 aromatic rings. The molecule has 0 saturated heterocycles. The zero-order chi connectivity index (χ0) is 8.27. The monoisotopic (exact) mass is 174 g/mol. The van der Waals surface area contributed by atoms with E-state index in [0.29, 0.717) is 0 Å². The molecule has 0 saturated carbocycles. The predicted octanol–water partition coefficient (Wildman–Crippen LogP) is 1.18. The summed E-state index contributed by atoms with van der Waals surface area (Å²) < 4.78 is 1.76. The Morgan fingerprint density at radius 1 is 1.82 bits per heavy atom. The Labute approximate surface area is 70.6 Å². The summed E-state index contributed by atoms with van der Waals surface area (Å²) in [5.74, 6) is 0.218. The van der Waals surface area contributed by atoms with Gasteiger partial charge in [-0.15, -0.1) is 11.6 Å². The zero-order valence-corrected chi connectivity index (χ0v) is 7.12. The van der Waals surface area contributed by atoms with Crippen LogP contribution in [0.25, 0.3) is 0 Å². The highest BCUT2D eigenvalue weighted by Crippen LogP contribution is 2.12. The van der Waals surface area contributed by atoms with Crippen LogP contribution < -0.4 is 0 Å². The van der Waals surface area contributed by atoms with Gasteiger partial charge in [-0.25, -0.2) is 0 Å². The molecule has 3 nitrogen and oxygen atoms in total. The summed E-state index contributed by atoms with van der Waals surface area (Å²) in [5, 5.41) is 13.3. The van der Waals surface area contributed by atoms with Crippen LogP contribution in [0.15, 0.2) is 12.4 Å². The molecule has 1 rings (SSSR count). The highest BCUT2D eigenvalue weighted by atomic mass is 35.5. The predicted molar refractivity (Wildman–Crippen MR) is 43.6 cm³/mol. The zero-order valence-electron chi connectivity index (χ0n) is 6.37. The van der Waals surface area contributed by atoms with Crippen molar-refractivity contribution in [3.63, 3.8) is 0 Å². The van der Waals surface area contributed by atoms with Gasteiger partial charge in [-0.3, -0.25) is 4.68 Å². The van der Waals surface area contributed by atoms with Crippen LogP contribution >= 0.6 is 11.6 Å². The summed E-state index contributed by atoms with van der Waals surface area (Å²) in [6.45, 7) is 2.80. The fourth-order valence-corrected chi connectivity index (χ4v) is 0.992. The van der Waals surface area contributed by atoms with E-state index in [9.17, 15) is 5.11 Å². The average Bonchev–Trinajstić information content (AvgIpc) is 2.50. The minimum absolute atomic E-state index is 0.218. The molecule has 0 aliphatic rings. The largest absolute Gasteiger partial charge is 0.387 e. The van der Waals surface area contributed by atoms with Crippen LogP contribution in [0.2, 0.25) is 0 Å². The summed E-state index contributed by atoms with van der Waals surface area (Å²) in [5.41, 5.74) is 0.779. The molecule has 62 valence electrons. The third kappa shape index (κ3) is 1.94. The minimum atomic E-state index is -0.586. The van der Waals surface area contributed by atoms with Crippen LogP contribution in [0.5, 0.6) is 0 Å². The van der Waals surface area contributed by atoms with Crippen LogP contribution in [0.4, 0.5) is 0 Å². The lowest BCUT2D eigenvalue weighted by molar-refractivity contribution is 0.202. The molecule has 0 aliphatic carbocycles. The second kappa shape index (κ2) is 3.74. The van der Waals surface area contributed by atoms with Gasteiger partial charge in [-0.05, 0) is 6.92 Å². The van der Waals surface area contributed by atoms with Crippen LogP contribution in [0, 0.1) is 0 Å². The maximum Gasteiger partial charge on any atom is 0.0955 e. The number of halogens is 1. The van der Waals surface area contributed by atoms with E-state index < -0.39 is 6.10 Å². The summed E-state index contributed by atoms with van der Waals surface area (Å²) in [7, 11) is 0. The van der Waals surface area contributed by atoms with E-state index in [1.165, 1.54) is 0 Å². The lowest BCUT2D eigenvalue weighted by Crippen LogP contribution is -1.97. The van der Waals surface area contributed by atoms with Gasteiger partial charge < -0.3 is 5.11 Å². The van der Waals surface area contributed by atoms with Crippen molar-refractivity contribution >= 4 is 11.6 Å². The number of aliphatic hydroxyl groups is 1. The smallest absolute Gasteiger partial charge is 0.0955 e. The Kier molecular flexibility index (Phi) is 2.91. The maximum atomic E-state index is 9.25. The summed E-state index contributed by atoms with van der Waals surface area (Å²) in [4.78, 5) is 0. The standard InChI is InChI=1S/C7H11ClN2O/c1-2-10-5-6(4-9-10)7(11)3-8/h4-5,7,11H,2-3H2,1H3. The average molecular weight is 175 g/mol. The molecule has 4 heteroatoms. The van der Waals surface area contributed by atoms with Crippen molar-refractivity contribution in [1.82, 2.24) is 9.78 Å². The Morgan fingerprint density at radius 2 is 2.55 bits per heavy atom. The van der Waals surface area contributed by atoms with Gasteiger partial charge in [0, 0.05) is 18.3 Å². The molecular formula is C7H11ClN2O. The van der Waals surface area contributed by atoms with E-state index in [1.807, 2.05) is 6.92 Å². The molecular weight excluding hydrogens is 164 g/mol. The van der Waals surface area contributed by atoms with E-state index in [0.717, 1.165) is 12.1 Å². The molecule has 0 spiro atoms. The van der Waals surface area contributed by atoms with E-state index in [-0.39, 0.29) is 5.88 Å². The number of aliphatic hydroxyl groups excluding tert-OH is 1. The first-order valence-corrected chi connectivity index (χ1v) is 4.07. The van der Waals surface area contributed by atoms with Gasteiger partial charge in [0.15, 0.2) is 0 Å². The second-order valence-electron chi connectivity index (χ2n) is 2.30. The highest BCUT2D eigenvalue weighted by molar-refractivity contribution is 6.18. The van der Waals surface area contributed by atoms with Crippen molar-refractivity contribution in [2.24, 2.45) is 0 Å². The summed E-state index contributed by atoms with van der Waals surface area (Å²) in [6, 6.07) is 0. The minimum Gasteiger partial charge on any atom is -0.387 e. The van der Waals surface area contributed by atoms with Crippen molar-refractivity contribution in [2.75, 3.05) is 5.88 Å². The third-order valence-electron chi connectivity index (χ3n) is 1.51. The number of rotatable bonds is 3. The van der Waals surface area contributed by atoms with Gasteiger partial charge in [0.1, 0.15) is 0 Å². The number of aryl methyl sites for hydroxylation is 1. The SMILES string of the molecule is CCn1cc(C(O)CCl)cn1. The molecule has 0 radical (unpaired) electrons. The van der Waals surface area contributed by atoms with Gasteiger partial charge in [0.2, 0.25) is 0 Å². The van der Waals surface area contributed by atoms with Crippen molar-refractivity contribution in [2.45, 2.75) is 19.6 Å². The molecule has 11 heavy (non-hydrogen) atoms. The van der Waals surface area contributed by atoms with Crippen LogP contribution in [-0.2, 0) is 6.54 Å². The topological polar surface area (TPSA) is 38.0 Å². The van der Waals surface area contributed by atoms with E-state index in [1.54, 1.807) is 17.1 Å². The lowest BCUT2D eigenvalue weighted by Gasteiger charge is -2.00. The molecule has 1 N–H and O–H groups in total. The Hall–Kier alpha value is -0.540. The molecule has 1 unspecified atom stereocenters. The first-order valence-electron chi connectivity index (χ1n) is 3.54. The number of alkyl halides is 1. The van der Waals surface area contributed by atoms with Gasteiger partial charge >= 0.3 is 0 Å². The first-order chi connectivity index (χ1) is 5.27.